The molecule has 1 atom stereocenters. The second-order valence-corrected chi connectivity index (χ2v) is 8.96. The molecule has 1 aromatic carbocycles. The molecule has 1 aliphatic rings. The lowest BCUT2D eigenvalue weighted by atomic mass is 10.1. The van der Waals surface area contributed by atoms with Crippen molar-refractivity contribution in [1.82, 2.24) is 4.90 Å². The Kier molecular flexibility index (Phi) is 5.79. The number of likely N-dealkylation sites (tertiary alicyclic amines) is 1. The Morgan fingerprint density at radius 2 is 1.96 bits per heavy atom. The summed E-state index contributed by atoms with van der Waals surface area (Å²) in [5.74, 6) is -0.178. The maximum absolute atomic E-state index is 12.9. The molecule has 1 amide bonds. The molecular weight excluding hydrogens is 317 g/mol. The first-order valence-corrected chi connectivity index (χ1v) is 9.73. The number of carbonyl (C=O) groups excluding carboxylic acids is 1. The van der Waals surface area contributed by atoms with Gasteiger partial charge in [0.2, 0.25) is 5.91 Å². The van der Waals surface area contributed by atoms with Crippen LogP contribution in [0, 0.1) is 11.7 Å². The summed E-state index contributed by atoms with van der Waals surface area (Å²) in [7, 11) is -3.17. The number of sulfone groups is 1. The van der Waals surface area contributed by atoms with Crippen molar-refractivity contribution in [2.75, 3.05) is 18.8 Å². The Bertz CT molecular complexity index is 640. The topological polar surface area (TPSA) is 54.5 Å². The lowest BCUT2D eigenvalue weighted by Crippen LogP contribution is -2.46. The van der Waals surface area contributed by atoms with Gasteiger partial charge in [-0.3, -0.25) is 4.79 Å². The van der Waals surface area contributed by atoms with E-state index >= 15 is 0 Å². The van der Waals surface area contributed by atoms with Crippen LogP contribution in [0.25, 0.3) is 0 Å². The van der Waals surface area contributed by atoms with E-state index in [9.17, 15) is 17.6 Å². The zero-order valence-electron chi connectivity index (χ0n) is 13.7. The maximum Gasteiger partial charge on any atom is 0.227 e. The van der Waals surface area contributed by atoms with Gasteiger partial charge in [-0.1, -0.05) is 26.0 Å². The molecule has 4 nitrogen and oxygen atoms in total. The summed E-state index contributed by atoms with van der Waals surface area (Å²) in [4.78, 5) is 14.0. The Hall–Kier alpha value is -1.43. The summed E-state index contributed by atoms with van der Waals surface area (Å²) in [6.07, 6.45) is 1.50. The minimum absolute atomic E-state index is 0.0882. The van der Waals surface area contributed by atoms with Gasteiger partial charge >= 0.3 is 0 Å². The van der Waals surface area contributed by atoms with Crippen molar-refractivity contribution in [2.24, 2.45) is 5.92 Å². The maximum atomic E-state index is 12.9. The fourth-order valence-corrected chi connectivity index (χ4v) is 5.08. The van der Waals surface area contributed by atoms with Crippen LogP contribution in [-0.2, 0) is 21.1 Å². The van der Waals surface area contributed by atoms with Crippen molar-refractivity contribution in [3.8, 4) is 0 Å². The monoisotopic (exact) mass is 341 g/mol. The predicted molar refractivity (Wildman–Crippen MR) is 88.3 cm³/mol. The second-order valence-electron chi connectivity index (χ2n) is 6.63. The smallest absolute Gasteiger partial charge is 0.227 e. The summed E-state index contributed by atoms with van der Waals surface area (Å²) in [6.45, 7) is 4.64. The molecule has 0 aliphatic carbocycles. The first-order valence-electron chi connectivity index (χ1n) is 8.01. The van der Waals surface area contributed by atoms with Gasteiger partial charge in [-0.15, -0.1) is 0 Å². The van der Waals surface area contributed by atoms with Gasteiger partial charge < -0.3 is 4.90 Å². The van der Waals surface area contributed by atoms with Gasteiger partial charge in [0.05, 0.1) is 17.4 Å². The van der Waals surface area contributed by atoms with E-state index in [1.54, 1.807) is 17.0 Å². The van der Waals surface area contributed by atoms with E-state index in [0.29, 0.717) is 19.4 Å². The Morgan fingerprint density at radius 1 is 1.30 bits per heavy atom. The van der Waals surface area contributed by atoms with Crippen LogP contribution in [0.15, 0.2) is 24.3 Å². The first kappa shape index (κ1) is 17.9. The molecule has 0 spiro atoms. The highest BCUT2D eigenvalue weighted by Gasteiger charge is 2.32. The van der Waals surface area contributed by atoms with Crippen LogP contribution >= 0.6 is 0 Å². The third-order valence-electron chi connectivity index (χ3n) is 4.07. The number of hydrogen-bond donors (Lipinski definition) is 0. The van der Waals surface area contributed by atoms with Crippen LogP contribution in [0.5, 0.6) is 0 Å². The minimum Gasteiger partial charge on any atom is -0.341 e. The van der Waals surface area contributed by atoms with E-state index in [1.165, 1.54) is 12.1 Å². The molecule has 1 aromatic rings. The predicted octanol–water partition coefficient (Wildman–Crippen LogP) is 2.43. The van der Waals surface area contributed by atoms with Crippen molar-refractivity contribution in [3.05, 3.63) is 35.6 Å². The van der Waals surface area contributed by atoms with E-state index in [4.69, 9.17) is 0 Å². The standard InChI is InChI=1S/C17H24FNO3S/c1-13(2)12-23(21,22)16-4-3-9-19(11-16)17(20)10-14-5-7-15(18)8-6-14/h5-8,13,16H,3-4,9-12H2,1-2H3. The molecule has 0 aromatic heterocycles. The molecular formula is C17H24FNO3S. The summed E-state index contributed by atoms with van der Waals surface area (Å²) in [5, 5.41) is -0.462. The van der Waals surface area contributed by atoms with Gasteiger partial charge in [0, 0.05) is 13.1 Å². The van der Waals surface area contributed by atoms with Gasteiger partial charge in [-0.25, -0.2) is 12.8 Å². The number of piperidine rings is 1. The quantitative estimate of drug-likeness (QED) is 0.826. The van der Waals surface area contributed by atoms with Crippen LogP contribution in [0.1, 0.15) is 32.3 Å². The van der Waals surface area contributed by atoms with Crippen molar-refractivity contribution in [1.29, 1.82) is 0 Å². The lowest BCUT2D eigenvalue weighted by molar-refractivity contribution is -0.131. The first-order chi connectivity index (χ1) is 10.8. The van der Waals surface area contributed by atoms with Gasteiger partial charge in [0.25, 0.3) is 0 Å². The summed E-state index contributed by atoms with van der Waals surface area (Å²) in [5.41, 5.74) is 0.739. The SMILES string of the molecule is CC(C)CS(=O)(=O)C1CCCN(C(=O)Cc2ccc(F)cc2)C1. The molecule has 1 unspecified atom stereocenters. The zero-order valence-corrected chi connectivity index (χ0v) is 14.5. The number of rotatable bonds is 5. The summed E-state index contributed by atoms with van der Waals surface area (Å²) < 4.78 is 37.7. The van der Waals surface area contributed by atoms with E-state index in [2.05, 4.69) is 0 Å². The highest BCUT2D eigenvalue weighted by Crippen LogP contribution is 2.20. The number of amides is 1. The Balaban J connectivity index is 2.00. The van der Waals surface area contributed by atoms with Crippen molar-refractivity contribution >= 4 is 15.7 Å². The highest BCUT2D eigenvalue weighted by atomic mass is 32.2. The lowest BCUT2D eigenvalue weighted by Gasteiger charge is -2.33. The Labute approximate surface area is 137 Å². The molecule has 1 saturated heterocycles. The van der Waals surface area contributed by atoms with Gasteiger partial charge in [0.15, 0.2) is 9.84 Å². The van der Waals surface area contributed by atoms with Crippen molar-refractivity contribution in [2.45, 2.75) is 38.4 Å². The van der Waals surface area contributed by atoms with Crippen molar-refractivity contribution < 1.29 is 17.6 Å². The van der Waals surface area contributed by atoms with Crippen LogP contribution < -0.4 is 0 Å². The number of carbonyl (C=O) groups is 1. The van der Waals surface area contributed by atoms with Crippen LogP contribution in [0.2, 0.25) is 0 Å². The minimum atomic E-state index is -3.17. The van der Waals surface area contributed by atoms with E-state index in [-0.39, 0.29) is 36.4 Å². The summed E-state index contributed by atoms with van der Waals surface area (Å²) in [6, 6.07) is 5.83. The van der Waals surface area contributed by atoms with Crippen molar-refractivity contribution in [3.63, 3.8) is 0 Å². The second kappa shape index (κ2) is 7.43. The van der Waals surface area contributed by atoms with Crippen LogP contribution in [-0.4, -0.2) is 43.3 Å². The highest BCUT2D eigenvalue weighted by molar-refractivity contribution is 7.92. The number of halogens is 1. The molecule has 1 heterocycles. The van der Waals surface area contributed by atoms with Gasteiger partial charge in [-0.2, -0.15) is 0 Å². The molecule has 128 valence electrons. The number of hydrogen-bond acceptors (Lipinski definition) is 3. The molecule has 2 rings (SSSR count). The third-order valence-corrected chi connectivity index (χ3v) is 6.60. The summed E-state index contributed by atoms with van der Waals surface area (Å²) >= 11 is 0. The molecule has 1 fully saturated rings. The number of nitrogens with zero attached hydrogens (tertiary/aromatic N) is 1. The van der Waals surface area contributed by atoms with E-state index < -0.39 is 15.1 Å². The fourth-order valence-electron chi connectivity index (χ4n) is 2.95. The molecule has 1 aliphatic heterocycles. The fraction of sp³-hybridized carbons (Fsp3) is 0.588. The van der Waals surface area contributed by atoms with Gasteiger partial charge in [-0.05, 0) is 36.5 Å². The van der Waals surface area contributed by atoms with Crippen LogP contribution in [0.4, 0.5) is 4.39 Å². The molecule has 0 N–H and O–H groups in total. The third kappa shape index (κ3) is 5.03. The molecule has 6 heteroatoms. The van der Waals surface area contributed by atoms with E-state index in [1.807, 2.05) is 13.8 Å². The van der Waals surface area contributed by atoms with E-state index in [0.717, 1.165) is 5.56 Å². The molecule has 0 saturated carbocycles. The van der Waals surface area contributed by atoms with Gasteiger partial charge in [0.1, 0.15) is 5.82 Å². The largest absolute Gasteiger partial charge is 0.341 e. The Morgan fingerprint density at radius 3 is 2.57 bits per heavy atom. The molecule has 0 bridgehead atoms. The molecule has 23 heavy (non-hydrogen) atoms. The normalized spacial score (nSPS) is 19.1. The average Bonchev–Trinajstić information content (AvgIpc) is 2.48. The number of benzene rings is 1. The average molecular weight is 341 g/mol. The zero-order chi connectivity index (χ0) is 17.0. The van der Waals surface area contributed by atoms with Crippen LogP contribution in [0.3, 0.4) is 0 Å². The molecule has 0 radical (unpaired) electrons.